The summed E-state index contributed by atoms with van der Waals surface area (Å²) in [7, 11) is 5.46. The third-order valence-electron chi connectivity index (χ3n) is 5.44. The van der Waals surface area contributed by atoms with E-state index in [1.165, 1.54) is 6.08 Å². The first-order chi connectivity index (χ1) is 17.3. The summed E-state index contributed by atoms with van der Waals surface area (Å²) in [6, 6.07) is 11.2. The van der Waals surface area contributed by atoms with Crippen LogP contribution in [0.2, 0.25) is 0 Å². The Balaban J connectivity index is 2.15. The highest BCUT2D eigenvalue weighted by Gasteiger charge is 2.20. The van der Waals surface area contributed by atoms with E-state index in [1.54, 1.807) is 31.4 Å². The zero-order valence-electron chi connectivity index (χ0n) is 21.6. The van der Waals surface area contributed by atoms with Gasteiger partial charge in [-0.2, -0.15) is 5.26 Å². The molecule has 0 saturated heterocycles. The summed E-state index contributed by atoms with van der Waals surface area (Å²) >= 11 is 0. The lowest BCUT2D eigenvalue weighted by molar-refractivity contribution is -0.111. The molecule has 0 radical (unpaired) electrons. The standard InChI is InChI=1S/C28H32N4O4/c1-7-22-21(17-29)28(36-19-11-12-25(34-6)18(3)14-19)20-15-24(26(35-8-2)16-23(20)30-22)31-27(33)10-9-13-32(4)5/h9-12,14-16H,7-8,13H2,1-6H3,(H,31,33)/b10-9+. The largest absolute Gasteiger partial charge is 0.496 e. The third-order valence-corrected chi connectivity index (χ3v) is 5.44. The van der Waals surface area contributed by atoms with Crippen LogP contribution in [-0.2, 0) is 11.2 Å². The number of pyridine rings is 1. The Labute approximate surface area is 212 Å². The number of rotatable bonds is 10. The van der Waals surface area contributed by atoms with Crippen LogP contribution in [0.25, 0.3) is 10.9 Å². The molecule has 8 nitrogen and oxygen atoms in total. The first-order valence-electron chi connectivity index (χ1n) is 11.8. The number of likely N-dealkylation sites (N-methyl/N-ethyl adjacent to an activating group) is 1. The number of nitriles is 1. The third kappa shape index (κ3) is 6.12. The molecule has 8 heteroatoms. The zero-order chi connectivity index (χ0) is 26.2. The Morgan fingerprint density at radius 3 is 2.58 bits per heavy atom. The first-order valence-corrected chi connectivity index (χ1v) is 11.8. The van der Waals surface area contributed by atoms with Gasteiger partial charge in [-0.25, -0.2) is 0 Å². The Morgan fingerprint density at radius 1 is 1.19 bits per heavy atom. The van der Waals surface area contributed by atoms with Crippen molar-refractivity contribution in [3.05, 3.63) is 59.3 Å². The number of amides is 1. The molecule has 1 aromatic heterocycles. The molecule has 3 aromatic rings. The number of hydrogen-bond donors (Lipinski definition) is 1. The summed E-state index contributed by atoms with van der Waals surface area (Å²) in [4.78, 5) is 19.3. The Morgan fingerprint density at radius 2 is 1.97 bits per heavy atom. The molecular weight excluding hydrogens is 456 g/mol. The first kappa shape index (κ1) is 26.5. The van der Waals surface area contributed by atoms with Gasteiger partial charge in [0.15, 0.2) is 5.75 Å². The van der Waals surface area contributed by atoms with Gasteiger partial charge >= 0.3 is 0 Å². The van der Waals surface area contributed by atoms with Gasteiger partial charge in [0, 0.05) is 24.1 Å². The number of carbonyl (C=O) groups excluding carboxylic acids is 1. The summed E-state index contributed by atoms with van der Waals surface area (Å²) in [6.45, 7) is 6.78. The van der Waals surface area contributed by atoms with Crippen LogP contribution in [0.15, 0.2) is 42.5 Å². The Kier molecular flexibility index (Phi) is 8.87. The monoisotopic (exact) mass is 488 g/mol. The van der Waals surface area contributed by atoms with Gasteiger partial charge in [0.25, 0.3) is 0 Å². The number of benzene rings is 2. The zero-order valence-corrected chi connectivity index (χ0v) is 21.6. The lowest BCUT2D eigenvalue weighted by atomic mass is 10.0. The molecule has 1 amide bonds. The van der Waals surface area contributed by atoms with E-state index in [-0.39, 0.29) is 5.91 Å². The highest BCUT2D eigenvalue weighted by molar-refractivity contribution is 6.03. The van der Waals surface area contributed by atoms with E-state index in [0.29, 0.717) is 64.7 Å². The number of nitrogens with one attached hydrogen (secondary N) is 1. The van der Waals surface area contributed by atoms with E-state index in [2.05, 4.69) is 11.4 Å². The highest BCUT2D eigenvalue weighted by atomic mass is 16.5. The smallest absolute Gasteiger partial charge is 0.248 e. The van der Waals surface area contributed by atoms with E-state index in [0.717, 1.165) is 11.3 Å². The van der Waals surface area contributed by atoms with Gasteiger partial charge in [-0.1, -0.05) is 13.0 Å². The molecule has 0 fully saturated rings. The lowest BCUT2D eigenvalue weighted by Crippen LogP contribution is -2.13. The van der Waals surface area contributed by atoms with Crippen molar-refractivity contribution >= 4 is 22.5 Å². The lowest BCUT2D eigenvalue weighted by Gasteiger charge is -2.17. The van der Waals surface area contributed by atoms with Crippen LogP contribution in [0.3, 0.4) is 0 Å². The molecule has 0 aliphatic carbocycles. The molecule has 3 rings (SSSR count). The molecular formula is C28H32N4O4. The number of aromatic nitrogens is 1. The second-order valence-corrected chi connectivity index (χ2v) is 8.41. The van der Waals surface area contributed by atoms with Gasteiger partial charge in [0.05, 0.1) is 30.6 Å². The second kappa shape index (κ2) is 12.0. The van der Waals surface area contributed by atoms with Crippen molar-refractivity contribution in [3.8, 4) is 29.1 Å². The fourth-order valence-electron chi connectivity index (χ4n) is 3.74. The predicted molar refractivity (Wildman–Crippen MR) is 141 cm³/mol. The number of anilines is 1. The van der Waals surface area contributed by atoms with E-state index < -0.39 is 0 Å². The summed E-state index contributed by atoms with van der Waals surface area (Å²) in [5, 5.41) is 13.5. The number of carbonyl (C=O) groups is 1. The molecule has 0 bridgehead atoms. The summed E-state index contributed by atoms with van der Waals surface area (Å²) in [5.41, 5.74) is 2.95. The summed E-state index contributed by atoms with van der Waals surface area (Å²) in [6.07, 6.45) is 3.81. The summed E-state index contributed by atoms with van der Waals surface area (Å²) in [5.74, 6) is 1.88. The predicted octanol–water partition coefficient (Wildman–Crippen LogP) is 5.23. The van der Waals surface area contributed by atoms with Crippen LogP contribution >= 0.6 is 0 Å². The average molecular weight is 489 g/mol. The molecule has 1 N–H and O–H groups in total. The maximum Gasteiger partial charge on any atom is 0.248 e. The number of hydrogen-bond acceptors (Lipinski definition) is 7. The number of nitrogens with zero attached hydrogens (tertiary/aromatic N) is 3. The quantitative estimate of drug-likeness (QED) is 0.390. The van der Waals surface area contributed by atoms with E-state index in [1.807, 2.05) is 51.9 Å². The maximum atomic E-state index is 12.6. The molecule has 1 heterocycles. The van der Waals surface area contributed by atoms with Gasteiger partial charge in [0.1, 0.15) is 28.9 Å². The number of ether oxygens (including phenoxy) is 3. The number of fused-ring (bicyclic) bond motifs is 1. The van der Waals surface area contributed by atoms with Gasteiger partial charge in [-0.05, 0) is 64.2 Å². The van der Waals surface area contributed by atoms with Gasteiger partial charge in [-0.3, -0.25) is 9.78 Å². The van der Waals surface area contributed by atoms with E-state index in [4.69, 9.17) is 19.2 Å². The fraction of sp³-hybridized carbons (Fsp3) is 0.321. The number of methoxy groups -OCH3 is 1. The summed E-state index contributed by atoms with van der Waals surface area (Å²) < 4.78 is 17.5. The molecule has 188 valence electrons. The average Bonchev–Trinajstić information content (AvgIpc) is 2.84. The van der Waals surface area contributed by atoms with Gasteiger partial charge in [0.2, 0.25) is 5.91 Å². The van der Waals surface area contributed by atoms with Crippen LogP contribution in [-0.4, -0.2) is 50.1 Å². The molecule has 0 aliphatic heterocycles. The highest BCUT2D eigenvalue weighted by Crippen LogP contribution is 2.40. The Hall–Kier alpha value is -4.09. The maximum absolute atomic E-state index is 12.6. The molecule has 0 saturated carbocycles. The van der Waals surface area contributed by atoms with Crippen molar-refractivity contribution in [2.24, 2.45) is 0 Å². The molecule has 36 heavy (non-hydrogen) atoms. The van der Waals surface area contributed by atoms with Crippen LogP contribution < -0.4 is 19.5 Å². The molecule has 2 aromatic carbocycles. The minimum Gasteiger partial charge on any atom is -0.496 e. The topological polar surface area (TPSA) is 96.7 Å². The van der Waals surface area contributed by atoms with Crippen LogP contribution in [0.1, 0.15) is 30.7 Å². The minimum absolute atomic E-state index is 0.288. The fourth-order valence-corrected chi connectivity index (χ4v) is 3.74. The number of aryl methyl sites for hydroxylation is 2. The van der Waals surface area contributed by atoms with E-state index in [9.17, 15) is 10.1 Å². The van der Waals surface area contributed by atoms with Crippen LogP contribution in [0.4, 0.5) is 5.69 Å². The van der Waals surface area contributed by atoms with Crippen LogP contribution in [0.5, 0.6) is 23.0 Å². The van der Waals surface area contributed by atoms with Gasteiger partial charge in [-0.15, -0.1) is 0 Å². The van der Waals surface area contributed by atoms with Crippen molar-refractivity contribution < 1.29 is 19.0 Å². The van der Waals surface area contributed by atoms with Crippen LogP contribution in [0, 0.1) is 18.3 Å². The van der Waals surface area contributed by atoms with Crippen molar-refractivity contribution in [2.75, 3.05) is 39.7 Å². The second-order valence-electron chi connectivity index (χ2n) is 8.41. The van der Waals surface area contributed by atoms with Crippen molar-refractivity contribution in [3.63, 3.8) is 0 Å². The van der Waals surface area contributed by atoms with E-state index >= 15 is 0 Å². The van der Waals surface area contributed by atoms with Crippen molar-refractivity contribution in [1.82, 2.24) is 9.88 Å². The van der Waals surface area contributed by atoms with Gasteiger partial charge < -0.3 is 24.4 Å². The molecule has 0 aliphatic rings. The Bertz CT molecular complexity index is 1330. The van der Waals surface area contributed by atoms with Crippen molar-refractivity contribution in [1.29, 1.82) is 5.26 Å². The molecule has 0 spiro atoms. The molecule has 0 unspecified atom stereocenters. The van der Waals surface area contributed by atoms with Crippen molar-refractivity contribution in [2.45, 2.75) is 27.2 Å². The SMILES string of the molecule is CCOc1cc2nc(CC)c(C#N)c(Oc3ccc(OC)c(C)c3)c2cc1NC(=O)/C=C/CN(C)C. The molecule has 0 atom stereocenters. The minimum atomic E-state index is -0.288. The normalized spacial score (nSPS) is 11.1.